The number of benzene rings is 2. The van der Waals surface area contributed by atoms with E-state index in [1.54, 1.807) is 32.9 Å². The van der Waals surface area contributed by atoms with E-state index >= 15 is 0 Å². The zero-order chi connectivity index (χ0) is 20.3. The summed E-state index contributed by atoms with van der Waals surface area (Å²) < 4.78 is 18.7. The van der Waals surface area contributed by atoms with E-state index in [9.17, 15) is 14.0 Å². The van der Waals surface area contributed by atoms with Crippen LogP contribution < -0.4 is 0 Å². The van der Waals surface area contributed by atoms with Gasteiger partial charge in [-0.05, 0) is 56.4 Å². The number of carbonyl (C=O) groups is 2. The van der Waals surface area contributed by atoms with Gasteiger partial charge in [0.2, 0.25) is 0 Å². The van der Waals surface area contributed by atoms with Crippen molar-refractivity contribution in [1.82, 2.24) is 5.01 Å². The van der Waals surface area contributed by atoms with Gasteiger partial charge in [0.25, 0.3) is 5.91 Å². The van der Waals surface area contributed by atoms with Crippen molar-refractivity contribution < 1.29 is 18.7 Å². The average Bonchev–Trinajstić information content (AvgIpc) is 2.81. The molecule has 0 radical (unpaired) electrons. The molecule has 0 fully saturated rings. The summed E-state index contributed by atoms with van der Waals surface area (Å²) >= 11 is 0. The zero-order valence-corrected chi connectivity index (χ0v) is 16.2. The van der Waals surface area contributed by atoms with Gasteiger partial charge in [-0.2, -0.15) is 5.10 Å². The molecule has 1 aliphatic rings. The van der Waals surface area contributed by atoms with Crippen LogP contribution in [-0.4, -0.2) is 28.3 Å². The SMILES string of the molecule is CC(C)(C)OC(=O)N1N=C(c2ccccc2)C[C@H](c2ccc(F)cc2)CC1=O. The van der Waals surface area contributed by atoms with Crippen LogP contribution in [0.1, 0.15) is 50.7 Å². The van der Waals surface area contributed by atoms with Gasteiger partial charge in [0.1, 0.15) is 11.4 Å². The van der Waals surface area contributed by atoms with E-state index < -0.39 is 17.6 Å². The van der Waals surface area contributed by atoms with Gasteiger partial charge in [0.05, 0.1) is 5.71 Å². The number of hydrogen-bond acceptors (Lipinski definition) is 4. The monoisotopic (exact) mass is 382 g/mol. The molecule has 0 N–H and O–H groups in total. The quantitative estimate of drug-likeness (QED) is 0.744. The minimum Gasteiger partial charge on any atom is -0.442 e. The Morgan fingerprint density at radius 3 is 2.32 bits per heavy atom. The van der Waals surface area contributed by atoms with Crippen LogP contribution in [0.4, 0.5) is 9.18 Å². The van der Waals surface area contributed by atoms with Crippen LogP contribution >= 0.6 is 0 Å². The third-order valence-electron chi connectivity index (χ3n) is 4.33. The zero-order valence-electron chi connectivity index (χ0n) is 16.2. The third-order valence-corrected chi connectivity index (χ3v) is 4.33. The van der Waals surface area contributed by atoms with E-state index in [1.165, 1.54) is 12.1 Å². The van der Waals surface area contributed by atoms with Gasteiger partial charge in [0.15, 0.2) is 0 Å². The predicted molar refractivity (Wildman–Crippen MR) is 104 cm³/mol. The molecule has 0 spiro atoms. The molecule has 0 aliphatic carbocycles. The number of amides is 2. The van der Waals surface area contributed by atoms with Crippen LogP contribution in [-0.2, 0) is 9.53 Å². The second-order valence-electron chi connectivity index (χ2n) is 7.76. The summed E-state index contributed by atoms with van der Waals surface area (Å²) in [7, 11) is 0. The Balaban J connectivity index is 1.98. The molecule has 2 amide bonds. The summed E-state index contributed by atoms with van der Waals surface area (Å²) in [6.45, 7) is 5.20. The molecule has 0 unspecified atom stereocenters. The lowest BCUT2D eigenvalue weighted by Gasteiger charge is -2.23. The smallest absolute Gasteiger partial charge is 0.438 e. The largest absolute Gasteiger partial charge is 0.442 e. The number of rotatable bonds is 2. The fourth-order valence-corrected chi connectivity index (χ4v) is 3.04. The van der Waals surface area contributed by atoms with Crippen molar-refractivity contribution in [3.63, 3.8) is 0 Å². The van der Waals surface area contributed by atoms with Gasteiger partial charge >= 0.3 is 6.09 Å². The van der Waals surface area contributed by atoms with Crippen LogP contribution in [0, 0.1) is 5.82 Å². The molecule has 0 aromatic heterocycles. The van der Waals surface area contributed by atoms with Gasteiger partial charge in [-0.15, -0.1) is 5.01 Å². The molecule has 3 rings (SSSR count). The number of hydrazone groups is 1. The summed E-state index contributed by atoms with van der Waals surface area (Å²) in [6.07, 6.45) is -0.281. The van der Waals surface area contributed by atoms with Crippen molar-refractivity contribution in [2.45, 2.75) is 45.1 Å². The minimum absolute atomic E-state index is 0.0741. The summed E-state index contributed by atoms with van der Waals surface area (Å²) in [5.41, 5.74) is 1.50. The second-order valence-corrected chi connectivity index (χ2v) is 7.76. The maximum Gasteiger partial charge on any atom is 0.438 e. The number of carbonyl (C=O) groups excluding carboxylic acids is 2. The fourth-order valence-electron chi connectivity index (χ4n) is 3.04. The number of halogens is 1. The molecule has 5 nitrogen and oxygen atoms in total. The molecular formula is C22H23FN2O3. The van der Waals surface area contributed by atoms with Gasteiger partial charge in [-0.1, -0.05) is 42.5 Å². The van der Waals surface area contributed by atoms with Crippen LogP contribution in [0.2, 0.25) is 0 Å². The van der Waals surface area contributed by atoms with Gasteiger partial charge in [-0.3, -0.25) is 4.79 Å². The van der Waals surface area contributed by atoms with Crippen molar-refractivity contribution >= 4 is 17.7 Å². The van der Waals surface area contributed by atoms with E-state index in [-0.39, 0.29) is 18.2 Å². The molecule has 1 atom stereocenters. The Bertz CT molecular complexity index is 886. The topological polar surface area (TPSA) is 59.0 Å². The van der Waals surface area contributed by atoms with E-state index in [2.05, 4.69) is 5.10 Å². The molecule has 6 heteroatoms. The molecule has 146 valence electrons. The first-order valence-electron chi connectivity index (χ1n) is 9.17. The Hall–Kier alpha value is -3.02. The molecule has 1 aliphatic heterocycles. The van der Waals surface area contributed by atoms with E-state index in [0.29, 0.717) is 12.1 Å². The van der Waals surface area contributed by atoms with Gasteiger partial charge in [0, 0.05) is 6.42 Å². The van der Waals surface area contributed by atoms with Crippen molar-refractivity contribution in [3.8, 4) is 0 Å². The normalized spacial score (nSPS) is 17.7. The van der Waals surface area contributed by atoms with E-state index in [4.69, 9.17) is 4.74 Å². The highest BCUT2D eigenvalue weighted by Gasteiger charge is 2.33. The van der Waals surface area contributed by atoms with E-state index in [0.717, 1.165) is 16.1 Å². The first kappa shape index (κ1) is 19.7. The Kier molecular flexibility index (Phi) is 5.58. The van der Waals surface area contributed by atoms with Crippen molar-refractivity contribution in [1.29, 1.82) is 0 Å². The number of hydrogen-bond donors (Lipinski definition) is 0. The fraction of sp³-hybridized carbons (Fsp3) is 0.318. The Morgan fingerprint density at radius 2 is 1.71 bits per heavy atom. The standard InChI is InChI=1S/C22H23FN2O3/c1-22(2,3)28-21(27)25-20(26)14-17(15-9-11-18(23)12-10-15)13-19(24-25)16-7-5-4-6-8-16/h4-12,17H,13-14H2,1-3H3/t17-/m0/s1. The molecule has 28 heavy (non-hydrogen) atoms. The highest BCUT2D eigenvalue weighted by atomic mass is 19.1. The minimum atomic E-state index is -0.800. The molecule has 0 bridgehead atoms. The lowest BCUT2D eigenvalue weighted by molar-refractivity contribution is -0.130. The third kappa shape index (κ3) is 4.82. The summed E-state index contributed by atoms with van der Waals surface area (Å²) in [4.78, 5) is 25.4. The molecule has 2 aromatic carbocycles. The number of ether oxygens (including phenoxy) is 1. The van der Waals surface area contributed by atoms with E-state index in [1.807, 2.05) is 30.3 Å². The lowest BCUT2D eigenvalue weighted by Crippen LogP contribution is -2.37. The maximum absolute atomic E-state index is 13.3. The highest BCUT2D eigenvalue weighted by Crippen LogP contribution is 2.30. The molecule has 0 saturated heterocycles. The maximum atomic E-state index is 13.3. The van der Waals surface area contributed by atoms with Crippen molar-refractivity contribution in [3.05, 3.63) is 71.5 Å². The lowest BCUT2D eigenvalue weighted by atomic mass is 9.88. The Labute approximate surface area is 163 Å². The molecular weight excluding hydrogens is 359 g/mol. The number of imide groups is 1. The molecule has 2 aromatic rings. The Morgan fingerprint density at radius 1 is 1.07 bits per heavy atom. The van der Waals surface area contributed by atoms with Crippen LogP contribution in [0.5, 0.6) is 0 Å². The molecule has 0 saturated carbocycles. The van der Waals surface area contributed by atoms with Gasteiger partial charge in [-0.25, -0.2) is 9.18 Å². The summed E-state index contributed by atoms with van der Waals surface area (Å²) in [5.74, 6) is -1.01. The summed E-state index contributed by atoms with van der Waals surface area (Å²) in [6, 6.07) is 15.5. The molecule has 1 heterocycles. The van der Waals surface area contributed by atoms with Crippen molar-refractivity contribution in [2.75, 3.05) is 0 Å². The van der Waals surface area contributed by atoms with Crippen LogP contribution in [0.15, 0.2) is 59.7 Å². The van der Waals surface area contributed by atoms with Crippen LogP contribution in [0.25, 0.3) is 0 Å². The highest BCUT2D eigenvalue weighted by molar-refractivity contribution is 6.04. The first-order valence-corrected chi connectivity index (χ1v) is 9.17. The average molecular weight is 382 g/mol. The van der Waals surface area contributed by atoms with Crippen molar-refractivity contribution in [2.24, 2.45) is 5.10 Å². The summed E-state index contributed by atoms with van der Waals surface area (Å²) in [5, 5.41) is 5.17. The first-order chi connectivity index (χ1) is 13.2. The van der Waals surface area contributed by atoms with Crippen LogP contribution in [0.3, 0.4) is 0 Å². The second kappa shape index (κ2) is 7.92. The number of nitrogens with zero attached hydrogens (tertiary/aromatic N) is 2. The predicted octanol–water partition coefficient (Wildman–Crippen LogP) is 4.87. The van der Waals surface area contributed by atoms with Gasteiger partial charge < -0.3 is 4.74 Å².